The van der Waals surface area contributed by atoms with Crippen LogP contribution in [0.4, 0.5) is 0 Å². The predicted octanol–water partition coefficient (Wildman–Crippen LogP) is 2.07. The van der Waals surface area contributed by atoms with Crippen LogP contribution in [0, 0.1) is 0 Å². The molecule has 21 heavy (non-hydrogen) atoms. The van der Waals surface area contributed by atoms with E-state index < -0.39 is 21.6 Å². The minimum absolute atomic E-state index is 0.268. The van der Waals surface area contributed by atoms with Gasteiger partial charge >= 0.3 is 15.6 Å². The zero-order valence-electron chi connectivity index (χ0n) is 10.9. The maximum atomic E-state index is 10.7. The molecule has 10 heteroatoms. The van der Waals surface area contributed by atoms with E-state index >= 15 is 0 Å². The van der Waals surface area contributed by atoms with Crippen molar-refractivity contribution >= 4 is 15.6 Å². The first-order chi connectivity index (χ1) is 9.66. The van der Waals surface area contributed by atoms with Gasteiger partial charge in [-0.1, -0.05) is 30.3 Å². The van der Waals surface area contributed by atoms with Crippen LogP contribution in [0.5, 0.6) is 0 Å². The van der Waals surface area contributed by atoms with Gasteiger partial charge in [0, 0.05) is 0 Å². The Hall–Kier alpha value is -1.14. The Labute approximate surface area is 121 Å². The minimum atomic E-state index is -4.95. The molecule has 8 nitrogen and oxygen atoms in total. The monoisotopic (exact) mass is 338 g/mol. The van der Waals surface area contributed by atoms with Gasteiger partial charge in [0.15, 0.2) is 0 Å². The summed E-state index contributed by atoms with van der Waals surface area (Å²) in [5.41, 5.74) is 1.07. The molecule has 0 radical (unpaired) electrons. The quantitative estimate of drug-likeness (QED) is 0.321. The van der Waals surface area contributed by atoms with Crippen molar-refractivity contribution < 1.29 is 37.8 Å². The molecule has 1 rings (SSSR count). The molecule has 4 N–H and O–H groups in total. The molecule has 0 atom stereocenters. The summed E-state index contributed by atoms with van der Waals surface area (Å²) in [6.45, 7) is 0. The van der Waals surface area contributed by atoms with Gasteiger partial charge in [-0.2, -0.15) is 0 Å². The highest BCUT2D eigenvalue weighted by Gasteiger charge is 2.25. The van der Waals surface area contributed by atoms with Crippen molar-refractivity contribution in [3.05, 3.63) is 47.9 Å². The van der Waals surface area contributed by atoms with E-state index in [1.165, 1.54) is 0 Å². The van der Waals surface area contributed by atoms with Gasteiger partial charge in [0.25, 0.3) is 5.95 Å². The lowest BCUT2D eigenvalue weighted by Crippen LogP contribution is -1.96. The second-order valence-corrected chi connectivity index (χ2v) is 6.39. The summed E-state index contributed by atoms with van der Waals surface area (Å²) in [6, 6.07) is 9.48. The highest BCUT2D eigenvalue weighted by Crippen LogP contribution is 2.45. The first-order valence-electron chi connectivity index (χ1n) is 5.90. The normalized spacial score (nSPS) is 11.8. The number of allylic oxidation sites excluding steroid dienone is 1. The van der Waals surface area contributed by atoms with Crippen LogP contribution in [0.3, 0.4) is 0 Å². The Morgan fingerprint density at radius 2 is 1.52 bits per heavy atom. The lowest BCUT2D eigenvalue weighted by molar-refractivity contribution is 0.133. The number of aryl methyl sites for hydroxylation is 1. The third kappa shape index (κ3) is 9.42. The first kappa shape index (κ1) is 17.9. The standard InChI is InChI=1S/C11H16O8P2/c12-20(13,14)18-11(19-21(15,16)17)9-5-4-8-10-6-2-1-3-7-10/h1-3,6-7,9H,4-5,8H2,(H2,12,13,14)(H2,15,16,17). The summed E-state index contributed by atoms with van der Waals surface area (Å²) in [7, 11) is -9.90. The Balaban J connectivity index is 2.57. The Kier molecular flexibility index (Phi) is 6.61. The van der Waals surface area contributed by atoms with Crippen LogP contribution in [0.15, 0.2) is 42.4 Å². The van der Waals surface area contributed by atoms with Crippen molar-refractivity contribution in [3.63, 3.8) is 0 Å². The number of hydrogen-bond donors (Lipinski definition) is 4. The topological polar surface area (TPSA) is 134 Å². The molecule has 0 unspecified atom stereocenters. The van der Waals surface area contributed by atoms with Crippen LogP contribution in [-0.2, 0) is 24.6 Å². The number of rotatable bonds is 8. The zero-order valence-corrected chi connectivity index (χ0v) is 12.7. The number of unbranched alkanes of at least 4 members (excludes halogenated alkanes) is 1. The van der Waals surface area contributed by atoms with Crippen molar-refractivity contribution in [1.82, 2.24) is 0 Å². The molecule has 0 aliphatic carbocycles. The average Bonchev–Trinajstić information content (AvgIpc) is 2.32. The predicted molar refractivity (Wildman–Crippen MR) is 73.7 cm³/mol. The van der Waals surface area contributed by atoms with Gasteiger partial charge in [-0.3, -0.25) is 19.6 Å². The van der Waals surface area contributed by atoms with Gasteiger partial charge in [0.2, 0.25) is 0 Å². The minimum Gasteiger partial charge on any atom is -0.371 e. The Bertz CT molecular complexity index is 533. The summed E-state index contributed by atoms with van der Waals surface area (Å²) in [4.78, 5) is 34.5. The van der Waals surface area contributed by atoms with Crippen molar-refractivity contribution in [2.24, 2.45) is 0 Å². The summed E-state index contributed by atoms with van der Waals surface area (Å²) < 4.78 is 29.5. The fourth-order valence-corrected chi connectivity index (χ4v) is 2.25. The molecule has 0 saturated heterocycles. The molecule has 0 spiro atoms. The van der Waals surface area contributed by atoms with Crippen LogP contribution in [0.2, 0.25) is 0 Å². The number of benzene rings is 1. The summed E-state index contributed by atoms with van der Waals surface area (Å²) in [6.07, 6.45) is 2.63. The third-order valence-corrected chi connectivity index (χ3v) is 3.08. The molecule has 0 amide bonds. The van der Waals surface area contributed by atoms with Gasteiger partial charge in [0.05, 0.1) is 0 Å². The van der Waals surface area contributed by atoms with Gasteiger partial charge in [-0.25, -0.2) is 9.13 Å². The lowest BCUT2D eigenvalue weighted by atomic mass is 10.1. The van der Waals surface area contributed by atoms with E-state index in [0.717, 1.165) is 11.6 Å². The fraction of sp³-hybridized carbons (Fsp3) is 0.273. The molecule has 0 aromatic heterocycles. The largest absolute Gasteiger partial charge is 0.527 e. The smallest absolute Gasteiger partial charge is 0.371 e. The Morgan fingerprint density at radius 1 is 1.00 bits per heavy atom. The van der Waals surface area contributed by atoms with Crippen LogP contribution in [0.1, 0.15) is 18.4 Å². The van der Waals surface area contributed by atoms with Gasteiger partial charge in [0.1, 0.15) is 0 Å². The molecular weight excluding hydrogens is 322 g/mol. The molecule has 0 saturated carbocycles. The van der Waals surface area contributed by atoms with Crippen molar-refractivity contribution in [2.75, 3.05) is 0 Å². The van der Waals surface area contributed by atoms with Crippen LogP contribution < -0.4 is 0 Å². The van der Waals surface area contributed by atoms with Crippen molar-refractivity contribution in [1.29, 1.82) is 0 Å². The molecule has 0 bridgehead atoms. The average molecular weight is 338 g/mol. The van der Waals surface area contributed by atoms with E-state index in [-0.39, 0.29) is 6.42 Å². The molecular formula is C11H16O8P2. The maximum absolute atomic E-state index is 10.7. The third-order valence-electron chi connectivity index (χ3n) is 2.24. The van der Waals surface area contributed by atoms with E-state index in [4.69, 9.17) is 19.6 Å². The Morgan fingerprint density at radius 3 is 2.00 bits per heavy atom. The molecule has 0 aliphatic rings. The van der Waals surface area contributed by atoms with Crippen molar-refractivity contribution in [3.8, 4) is 0 Å². The molecule has 118 valence electrons. The highest BCUT2D eigenvalue weighted by molar-refractivity contribution is 7.47. The molecule has 1 aromatic rings. The fourth-order valence-electron chi connectivity index (χ4n) is 1.50. The van der Waals surface area contributed by atoms with Crippen LogP contribution in [-0.4, -0.2) is 19.6 Å². The van der Waals surface area contributed by atoms with Crippen molar-refractivity contribution in [2.45, 2.75) is 19.3 Å². The summed E-state index contributed by atoms with van der Waals surface area (Å²) in [5, 5.41) is 0. The van der Waals surface area contributed by atoms with E-state index in [1.807, 2.05) is 30.3 Å². The van der Waals surface area contributed by atoms with Gasteiger partial charge in [-0.05, 0) is 30.9 Å². The van der Waals surface area contributed by atoms with Crippen LogP contribution in [0.25, 0.3) is 0 Å². The second kappa shape index (κ2) is 7.75. The molecule has 0 heterocycles. The second-order valence-electron chi connectivity index (χ2n) is 4.06. The summed E-state index contributed by atoms with van der Waals surface area (Å²) in [5.74, 6) is -0.885. The van der Waals surface area contributed by atoms with Gasteiger partial charge in [-0.15, -0.1) is 0 Å². The summed E-state index contributed by atoms with van der Waals surface area (Å²) >= 11 is 0. The van der Waals surface area contributed by atoms with E-state index in [2.05, 4.69) is 9.05 Å². The van der Waals surface area contributed by atoms with E-state index in [9.17, 15) is 9.13 Å². The first-order valence-corrected chi connectivity index (χ1v) is 8.96. The molecule has 1 aromatic carbocycles. The lowest BCUT2D eigenvalue weighted by Gasteiger charge is -2.12. The molecule has 0 fully saturated rings. The van der Waals surface area contributed by atoms with Crippen LogP contribution >= 0.6 is 15.6 Å². The highest BCUT2D eigenvalue weighted by atomic mass is 31.2. The number of hydrogen-bond acceptors (Lipinski definition) is 4. The zero-order chi connectivity index (χ0) is 15.9. The van der Waals surface area contributed by atoms with E-state index in [0.29, 0.717) is 12.8 Å². The number of phosphoric acid groups is 2. The SMILES string of the molecule is O=P(O)(O)OC(=CCCCc1ccccc1)OP(=O)(O)O. The van der Waals surface area contributed by atoms with Gasteiger partial charge < -0.3 is 9.05 Å². The number of phosphoric ester groups is 2. The molecule has 0 aliphatic heterocycles. The van der Waals surface area contributed by atoms with E-state index in [1.54, 1.807) is 0 Å². The maximum Gasteiger partial charge on any atom is 0.527 e.